The van der Waals surface area contributed by atoms with Crippen LogP contribution >= 0.6 is 39.3 Å². The topological polar surface area (TPSA) is 3.24 Å². The molecule has 0 bridgehead atoms. The quantitative estimate of drug-likeness (QED) is 0.738. The minimum Gasteiger partial charge on any atom is -0.371 e. The van der Waals surface area contributed by atoms with Crippen molar-refractivity contribution < 1.29 is 0 Å². The molecule has 1 aromatic carbocycles. The van der Waals surface area contributed by atoms with E-state index in [1.165, 1.54) is 11.3 Å². The van der Waals surface area contributed by atoms with Crippen molar-refractivity contribution >= 4 is 45.0 Å². The van der Waals surface area contributed by atoms with E-state index in [-0.39, 0.29) is 0 Å². The number of benzene rings is 1. The highest BCUT2D eigenvalue weighted by molar-refractivity contribution is 9.08. The van der Waals surface area contributed by atoms with E-state index in [2.05, 4.69) is 47.1 Å². The number of alkyl halides is 1. The fourth-order valence-corrected chi connectivity index (χ4v) is 2.92. The summed E-state index contributed by atoms with van der Waals surface area (Å²) in [5.41, 5.74) is 2.49. The molecule has 1 atom stereocenters. The van der Waals surface area contributed by atoms with E-state index in [1.807, 2.05) is 23.9 Å². The Bertz CT molecular complexity index is 346. The van der Waals surface area contributed by atoms with Crippen molar-refractivity contribution in [3.05, 3.63) is 28.8 Å². The molecule has 0 fully saturated rings. The first kappa shape index (κ1) is 14.2. The van der Waals surface area contributed by atoms with Gasteiger partial charge in [0, 0.05) is 34.9 Å². The summed E-state index contributed by atoms with van der Waals surface area (Å²) in [4.78, 5) is 2.29. The Hall–Kier alpha value is 0.140. The van der Waals surface area contributed by atoms with Crippen LogP contribution in [0.15, 0.2) is 18.2 Å². The molecule has 16 heavy (non-hydrogen) atoms. The normalized spacial score (nSPS) is 12.6. The van der Waals surface area contributed by atoms with Crippen LogP contribution in [0.1, 0.15) is 12.5 Å². The van der Waals surface area contributed by atoms with Crippen LogP contribution in [0.25, 0.3) is 0 Å². The van der Waals surface area contributed by atoms with Crippen molar-refractivity contribution in [2.45, 2.75) is 18.3 Å². The molecule has 1 aromatic rings. The number of hydrogen-bond donors (Lipinski definition) is 0. The first-order valence-corrected chi connectivity index (χ1v) is 8.05. The van der Waals surface area contributed by atoms with Crippen molar-refractivity contribution in [2.75, 3.05) is 24.0 Å². The van der Waals surface area contributed by atoms with Gasteiger partial charge in [0.05, 0.1) is 0 Å². The van der Waals surface area contributed by atoms with E-state index in [0.717, 1.165) is 16.1 Å². The molecule has 1 unspecified atom stereocenters. The summed E-state index contributed by atoms with van der Waals surface area (Å²) in [6.07, 6.45) is 2.13. The molecular formula is C12H17BrClNS. The van der Waals surface area contributed by atoms with Gasteiger partial charge in [-0.15, -0.1) is 0 Å². The monoisotopic (exact) mass is 321 g/mol. The largest absolute Gasteiger partial charge is 0.371 e. The van der Waals surface area contributed by atoms with Gasteiger partial charge >= 0.3 is 0 Å². The lowest BCUT2D eigenvalue weighted by Gasteiger charge is -2.28. The fraction of sp³-hybridized carbons (Fsp3) is 0.500. The van der Waals surface area contributed by atoms with Gasteiger partial charge in [-0.05, 0) is 30.9 Å². The zero-order valence-electron chi connectivity index (χ0n) is 9.84. The van der Waals surface area contributed by atoms with Gasteiger partial charge in [-0.3, -0.25) is 0 Å². The van der Waals surface area contributed by atoms with Crippen LogP contribution in [-0.4, -0.2) is 25.1 Å². The van der Waals surface area contributed by atoms with Gasteiger partial charge in [-0.2, -0.15) is 11.8 Å². The SMILES string of the molecule is CSCC(C)N(C)c1cc(Cl)ccc1CBr. The van der Waals surface area contributed by atoms with Gasteiger partial charge < -0.3 is 4.90 Å². The summed E-state index contributed by atoms with van der Waals surface area (Å²) < 4.78 is 0. The van der Waals surface area contributed by atoms with Crippen molar-refractivity contribution in [2.24, 2.45) is 0 Å². The van der Waals surface area contributed by atoms with Gasteiger partial charge in [0.15, 0.2) is 0 Å². The smallest absolute Gasteiger partial charge is 0.0426 e. The highest BCUT2D eigenvalue weighted by Crippen LogP contribution is 2.27. The Morgan fingerprint density at radius 2 is 2.19 bits per heavy atom. The number of thioether (sulfide) groups is 1. The molecule has 1 nitrogen and oxygen atoms in total. The van der Waals surface area contributed by atoms with Crippen molar-refractivity contribution in [3.8, 4) is 0 Å². The van der Waals surface area contributed by atoms with Crippen molar-refractivity contribution in [1.82, 2.24) is 0 Å². The predicted octanol–water partition coefficient (Wildman–Crippen LogP) is 4.42. The zero-order chi connectivity index (χ0) is 12.1. The molecular weight excluding hydrogens is 306 g/mol. The third-order valence-corrected chi connectivity index (χ3v) is 4.30. The van der Waals surface area contributed by atoms with Gasteiger partial charge in [0.1, 0.15) is 0 Å². The molecule has 0 N–H and O–H groups in total. The average Bonchev–Trinajstić information content (AvgIpc) is 2.28. The summed E-state index contributed by atoms with van der Waals surface area (Å²) in [5.74, 6) is 1.12. The Kier molecular flexibility index (Phi) is 6.01. The second kappa shape index (κ2) is 6.77. The summed E-state index contributed by atoms with van der Waals surface area (Å²) in [5, 5.41) is 1.65. The molecule has 0 heterocycles. The van der Waals surface area contributed by atoms with E-state index in [0.29, 0.717) is 6.04 Å². The summed E-state index contributed by atoms with van der Waals surface area (Å²) >= 11 is 11.4. The molecule has 1 rings (SSSR count). The van der Waals surface area contributed by atoms with Gasteiger partial charge in [0.25, 0.3) is 0 Å². The fourth-order valence-electron chi connectivity index (χ4n) is 1.57. The molecule has 90 valence electrons. The van der Waals surface area contributed by atoms with Gasteiger partial charge in [-0.25, -0.2) is 0 Å². The third kappa shape index (κ3) is 3.57. The second-order valence-electron chi connectivity index (χ2n) is 3.82. The maximum absolute atomic E-state index is 6.05. The lowest BCUT2D eigenvalue weighted by Crippen LogP contribution is -2.31. The number of hydrogen-bond acceptors (Lipinski definition) is 2. The molecule has 0 radical (unpaired) electrons. The van der Waals surface area contributed by atoms with E-state index in [9.17, 15) is 0 Å². The van der Waals surface area contributed by atoms with Crippen LogP contribution in [0.4, 0.5) is 5.69 Å². The number of rotatable bonds is 5. The van der Waals surface area contributed by atoms with Crippen LogP contribution in [0.5, 0.6) is 0 Å². The van der Waals surface area contributed by atoms with Crippen LogP contribution in [-0.2, 0) is 5.33 Å². The summed E-state index contributed by atoms with van der Waals surface area (Å²) in [6, 6.07) is 6.56. The Balaban J connectivity index is 2.96. The van der Waals surface area contributed by atoms with Crippen LogP contribution in [0.3, 0.4) is 0 Å². The van der Waals surface area contributed by atoms with Crippen LogP contribution in [0.2, 0.25) is 5.02 Å². The number of nitrogens with zero attached hydrogens (tertiary/aromatic N) is 1. The van der Waals surface area contributed by atoms with E-state index >= 15 is 0 Å². The molecule has 0 aliphatic rings. The molecule has 0 saturated carbocycles. The lowest BCUT2D eigenvalue weighted by molar-refractivity contribution is 0.763. The molecule has 0 amide bonds. The Morgan fingerprint density at radius 3 is 2.75 bits per heavy atom. The zero-order valence-corrected chi connectivity index (χ0v) is 13.0. The van der Waals surface area contributed by atoms with E-state index < -0.39 is 0 Å². The molecule has 0 saturated heterocycles. The standard InChI is InChI=1S/C12H17BrClNS/c1-9(8-16-3)15(2)12-6-11(14)5-4-10(12)7-13/h4-6,9H,7-8H2,1-3H3. The summed E-state index contributed by atoms with van der Waals surface area (Å²) in [6.45, 7) is 2.23. The van der Waals surface area contributed by atoms with E-state index in [1.54, 1.807) is 0 Å². The van der Waals surface area contributed by atoms with Crippen molar-refractivity contribution in [3.63, 3.8) is 0 Å². The lowest BCUT2D eigenvalue weighted by atomic mass is 10.1. The highest BCUT2D eigenvalue weighted by Gasteiger charge is 2.13. The maximum atomic E-state index is 6.05. The Labute approximate surface area is 116 Å². The molecule has 0 aromatic heterocycles. The minimum absolute atomic E-state index is 0.506. The van der Waals surface area contributed by atoms with Gasteiger partial charge in [0.2, 0.25) is 0 Å². The third-order valence-electron chi connectivity index (χ3n) is 2.64. The molecule has 0 aliphatic carbocycles. The van der Waals surface area contributed by atoms with Crippen LogP contribution < -0.4 is 4.90 Å². The van der Waals surface area contributed by atoms with Crippen molar-refractivity contribution in [1.29, 1.82) is 0 Å². The second-order valence-corrected chi connectivity index (χ2v) is 5.73. The number of anilines is 1. The predicted molar refractivity (Wildman–Crippen MR) is 80.3 cm³/mol. The molecule has 0 spiro atoms. The minimum atomic E-state index is 0.506. The average molecular weight is 323 g/mol. The maximum Gasteiger partial charge on any atom is 0.0426 e. The molecule has 4 heteroatoms. The highest BCUT2D eigenvalue weighted by atomic mass is 79.9. The first-order valence-electron chi connectivity index (χ1n) is 5.16. The van der Waals surface area contributed by atoms with E-state index in [4.69, 9.17) is 11.6 Å². The van der Waals surface area contributed by atoms with Crippen LogP contribution in [0, 0.1) is 0 Å². The Morgan fingerprint density at radius 1 is 1.50 bits per heavy atom. The number of halogens is 2. The van der Waals surface area contributed by atoms with Gasteiger partial charge in [-0.1, -0.05) is 33.6 Å². The first-order chi connectivity index (χ1) is 7.60. The summed E-state index contributed by atoms with van der Waals surface area (Å²) in [7, 11) is 2.12. The molecule has 0 aliphatic heterocycles.